The number of carbonyl (C=O) groups is 1. The molecule has 0 amide bonds. The number of rotatable bonds is 9. The minimum atomic E-state index is -0.622. The molecule has 3 aromatic rings. The number of fused-ring (bicyclic) bond motifs is 2. The van der Waals surface area contributed by atoms with Crippen molar-refractivity contribution in [1.29, 1.82) is 0 Å². The number of carbonyl (C=O) groups excluding carboxylic acids is 1. The maximum atomic E-state index is 12.5. The zero-order valence-corrected chi connectivity index (χ0v) is 21.6. The van der Waals surface area contributed by atoms with Gasteiger partial charge in [-0.05, 0) is 69.7 Å². The Morgan fingerprint density at radius 2 is 1.51 bits per heavy atom. The fourth-order valence-electron chi connectivity index (χ4n) is 3.99. The van der Waals surface area contributed by atoms with Crippen LogP contribution in [-0.4, -0.2) is 37.4 Å². The van der Waals surface area contributed by atoms with Crippen molar-refractivity contribution < 1.29 is 19.0 Å². The van der Waals surface area contributed by atoms with E-state index in [4.69, 9.17) is 14.2 Å². The average Bonchev–Trinajstić information content (AvgIpc) is 2.83. The number of esters is 1. The lowest BCUT2D eigenvalue weighted by atomic mass is 10.1. The van der Waals surface area contributed by atoms with E-state index < -0.39 is 11.7 Å². The Labute approximate surface area is 212 Å². The van der Waals surface area contributed by atoms with Gasteiger partial charge in [0.05, 0.1) is 17.9 Å². The third kappa shape index (κ3) is 6.59. The summed E-state index contributed by atoms with van der Waals surface area (Å²) in [6.45, 7) is 9.20. The Hall–Kier alpha value is -2.96. The van der Waals surface area contributed by atoms with Crippen LogP contribution in [0.15, 0.2) is 82.6 Å². The van der Waals surface area contributed by atoms with E-state index in [1.165, 1.54) is 21.2 Å². The molecule has 0 saturated heterocycles. The molecular formula is C29H33NO4S. The van der Waals surface area contributed by atoms with Gasteiger partial charge in [0.15, 0.2) is 6.10 Å². The van der Waals surface area contributed by atoms with Crippen LogP contribution in [0.1, 0.15) is 33.3 Å². The summed E-state index contributed by atoms with van der Waals surface area (Å²) in [5.41, 5.74) is 2.87. The maximum Gasteiger partial charge on any atom is 0.336 e. The highest BCUT2D eigenvalue weighted by Crippen LogP contribution is 2.47. The van der Waals surface area contributed by atoms with Crippen LogP contribution >= 0.6 is 11.8 Å². The fourth-order valence-corrected chi connectivity index (χ4v) is 5.09. The van der Waals surface area contributed by atoms with E-state index in [0.717, 1.165) is 17.9 Å². The van der Waals surface area contributed by atoms with E-state index in [1.807, 2.05) is 52.0 Å². The first-order valence-corrected chi connectivity index (χ1v) is 12.9. The normalized spacial score (nSPS) is 13.5. The van der Waals surface area contributed by atoms with Crippen LogP contribution in [0.5, 0.6) is 5.75 Å². The molecule has 0 radical (unpaired) electrons. The summed E-state index contributed by atoms with van der Waals surface area (Å²) in [5, 5.41) is 0. The van der Waals surface area contributed by atoms with Crippen LogP contribution in [0.4, 0.5) is 11.4 Å². The van der Waals surface area contributed by atoms with E-state index in [2.05, 4.69) is 53.4 Å². The molecule has 35 heavy (non-hydrogen) atoms. The third-order valence-electron chi connectivity index (χ3n) is 5.50. The molecular weight excluding hydrogens is 458 g/mol. The molecule has 3 aromatic carbocycles. The number of benzene rings is 3. The number of hydrogen-bond donors (Lipinski definition) is 0. The Morgan fingerprint density at radius 1 is 0.914 bits per heavy atom. The predicted molar refractivity (Wildman–Crippen MR) is 141 cm³/mol. The van der Waals surface area contributed by atoms with Crippen molar-refractivity contribution >= 4 is 29.1 Å². The summed E-state index contributed by atoms with van der Waals surface area (Å²) in [4.78, 5) is 17.3. The number of anilines is 2. The van der Waals surface area contributed by atoms with E-state index in [-0.39, 0.29) is 5.97 Å². The molecule has 0 bridgehead atoms. The molecule has 0 N–H and O–H groups in total. The second-order valence-corrected chi connectivity index (χ2v) is 10.4. The highest BCUT2D eigenvalue weighted by Gasteiger charge is 2.26. The quantitative estimate of drug-likeness (QED) is 0.312. The number of para-hydroxylation sites is 2. The molecule has 0 saturated carbocycles. The lowest BCUT2D eigenvalue weighted by Gasteiger charge is -2.32. The van der Waals surface area contributed by atoms with Gasteiger partial charge in [0.2, 0.25) is 0 Å². The van der Waals surface area contributed by atoms with Gasteiger partial charge in [-0.1, -0.05) is 48.2 Å². The second-order valence-electron chi connectivity index (χ2n) is 9.36. The van der Waals surface area contributed by atoms with Crippen LogP contribution in [0, 0.1) is 0 Å². The standard InChI is InChI=1S/C29H33NO4S/c1-5-32-25(28(31)34-29(2,3)4)20-21-14-16-22(17-15-21)33-19-18-30-23-10-6-8-12-26(23)35-27-13-9-7-11-24(27)30/h6-17,25H,5,18-20H2,1-4H3. The minimum Gasteiger partial charge on any atom is -0.492 e. The predicted octanol–water partition coefficient (Wildman–Crippen LogP) is 6.66. The van der Waals surface area contributed by atoms with Crippen LogP contribution in [-0.2, 0) is 20.7 Å². The topological polar surface area (TPSA) is 48.0 Å². The number of ether oxygens (including phenoxy) is 3. The summed E-state index contributed by atoms with van der Waals surface area (Å²) in [7, 11) is 0. The summed E-state index contributed by atoms with van der Waals surface area (Å²) < 4.78 is 17.3. The molecule has 1 heterocycles. The van der Waals surface area contributed by atoms with E-state index in [0.29, 0.717) is 19.6 Å². The molecule has 0 aromatic heterocycles. The highest BCUT2D eigenvalue weighted by atomic mass is 32.2. The molecule has 1 unspecified atom stereocenters. The SMILES string of the molecule is CCOC(Cc1ccc(OCCN2c3ccccc3Sc3ccccc32)cc1)C(=O)OC(C)(C)C. The van der Waals surface area contributed by atoms with Crippen molar-refractivity contribution in [2.45, 2.75) is 55.6 Å². The van der Waals surface area contributed by atoms with Gasteiger partial charge in [0.25, 0.3) is 0 Å². The first kappa shape index (κ1) is 25.1. The zero-order valence-electron chi connectivity index (χ0n) is 20.8. The second kappa shape index (κ2) is 11.2. The summed E-state index contributed by atoms with van der Waals surface area (Å²) in [5.74, 6) is 0.465. The molecule has 1 aliphatic heterocycles. The van der Waals surface area contributed by atoms with Gasteiger partial charge in [-0.25, -0.2) is 4.79 Å². The van der Waals surface area contributed by atoms with Gasteiger partial charge >= 0.3 is 5.97 Å². The van der Waals surface area contributed by atoms with Gasteiger partial charge < -0.3 is 19.1 Å². The summed E-state index contributed by atoms with van der Waals surface area (Å²) in [6.07, 6.45) is -0.162. The number of hydrogen-bond acceptors (Lipinski definition) is 6. The average molecular weight is 492 g/mol. The maximum absolute atomic E-state index is 12.5. The molecule has 5 nitrogen and oxygen atoms in total. The van der Waals surface area contributed by atoms with Gasteiger partial charge in [0.1, 0.15) is 18.0 Å². The summed E-state index contributed by atoms with van der Waals surface area (Å²) >= 11 is 1.80. The third-order valence-corrected chi connectivity index (χ3v) is 6.63. The molecule has 0 spiro atoms. The van der Waals surface area contributed by atoms with Crippen molar-refractivity contribution in [2.75, 3.05) is 24.7 Å². The highest BCUT2D eigenvalue weighted by molar-refractivity contribution is 7.99. The molecule has 6 heteroatoms. The molecule has 4 rings (SSSR count). The Balaban J connectivity index is 1.37. The molecule has 0 aliphatic carbocycles. The van der Waals surface area contributed by atoms with E-state index in [1.54, 1.807) is 11.8 Å². The first-order chi connectivity index (χ1) is 16.8. The molecule has 0 fully saturated rings. The Kier molecular flexibility index (Phi) is 8.04. The van der Waals surface area contributed by atoms with Crippen LogP contribution in [0.25, 0.3) is 0 Å². The first-order valence-electron chi connectivity index (χ1n) is 12.0. The van der Waals surface area contributed by atoms with Gasteiger partial charge in [-0.2, -0.15) is 0 Å². The van der Waals surface area contributed by atoms with Crippen LogP contribution in [0.2, 0.25) is 0 Å². The van der Waals surface area contributed by atoms with Gasteiger partial charge in [-0.3, -0.25) is 0 Å². The van der Waals surface area contributed by atoms with Crippen molar-refractivity contribution in [3.63, 3.8) is 0 Å². The molecule has 1 aliphatic rings. The summed E-state index contributed by atoms with van der Waals surface area (Å²) in [6, 6.07) is 24.8. The van der Waals surface area contributed by atoms with Crippen molar-refractivity contribution in [2.24, 2.45) is 0 Å². The number of nitrogens with zero attached hydrogens (tertiary/aromatic N) is 1. The van der Waals surface area contributed by atoms with Crippen molar-refractivity contribution in [3.8, 4) is 5.75 Å². The minimum absolute atomic E-state index is 0.333. The Bertz CT molecular complexity index is 1090. The van der Waals surface area contributed by atoms with Crippen molar-refractivity contribution in [1.82, 2.24) is 0 Å². The molecule has 1 atom stereocenters. The van der Waals surface area contributed by atoms with Crippen LogP contribution < -0.4 is 9.64 Å². The zero-order chi connectivity index (χ0) is 24.8. The fraction of sp³-hybridized carbons (Fsp3) is 0.345. The van der Waals surface area contributed by atoms with E-state index >= 15 is 0 Å². The van der Waals surface area contributed by atoms with Gasteiger partial charge in [-0.15, -0.1) is 0 Å². The lowest BCUT2D eigenvalue weighted by molar-refractivity contribution is -0.168. The Morgan fingerprint density at radius 3 is 2.09 bits per heavy atom. The monoisotopic (exact) mass is 491 g/mol. The van der Waals surface area contributed by atoms with Crippen molar-refractivity contribution in [3.05, 3.63) is 78.4 Å². The van der Waals surface area contributed by atoms with Gasteiger partial charge in [0, 0.05) is 22.8 Å². The smallest absolute Gasteiger partial charge is 0.336 e. The van der Waals surface area contributed by atoms with Crippen LogP contribution in [0.3, 0.4) is 0 Å². The molecule has 184 valence electrons. The van der Waals surface area contributed by atoms with E-state index in [9.17, 15) is 4.79 Å². The largest absolute Gasteiger partial charge is 0.492 e. The lowest BCUT2D eigenvalue weighted by Crippen LogP contribution is -2.35.